The van der Waals surface area contributed by atoms with E-state index >= 15 is 0 Å². The van der Waals surface area contributed by atoms with Crippen molar-refractivity contribution in [1.82, 2.24) is 14.9 Å². The van der Waals surface area contributed by atoms with Gasteiger partial charge in [0.05, 0.1) is 12.4 Å². The molecule has 2 heterocycles. The second kappa shape index (κ2) is 4.44. The third kappa shape index (κ3) is 2.56. The van der Waals surface area contributed by atoms with Gasteiger partial charge in [-0.3, -0.25) is 4.98 Å². The van der Waals surface area contributed by atoms with Crippen molar-refractivity contribution in [1.29, 1.82) is 0 Å². The highest BCUT2D eigenvalue weighted by atomic mass is 15.2. The number of anilines is 2. The summed E-state index contributed by atoms with van der Waals surface area (Å²) in [4.78, 5) is 10.8. The normalized spacial score (nSPS) is 21.6. The van der Waals surface area contributed by atoms with E-state index in [1.54, 1.807) is 12.4 Å². The smallest absolute Gasteiger partial charge is 0.147 e. The van der Waals surface area contributed by atoms with Gasteiger partial charge in [0.1, 0.15) is 11.6 Å². The van der Waals surface area contributed by atoms with Crippen molar-refractivity contribution in [2.75, 3.05) is 37.8 Å². The van der Waals surface area contributed by atoms with Gasteiger partial charge in [0.15, 0.2) is 0 Å². The second-order valence-electron chi connectivity index (χ2n) is 3.93. The van der Waals surface area contributed by atoms with Crippen LogP contribution in [0.4, 0.5) is 11.6 Å². The Balaban J connectivity index is 1.98. The Morgan fingerprint density at radius 3 is 2.87 bits per heavy atom. The molecule has 1 saturated heterocycles. The van der Waals surface area contributed by atoms with Crippen molar-refractivity contribution in [3.63, 3.8) is 0 Å². The SMILES string of the molecule is CNc1cncc(NC2CCN(C)C2)n1. The fourth-order valence-corrected chi connectivity index (χ4v) is 1.82. The minimum absolute atomic E-state index is 0.497. The lowest BCUT2D eigenvalue weighted by Gasteiger charge is -2.13. The van der Waals surface area contributed by atoms with Gasteiger partial charge in [-0.2, -0.15) is 0 Å². The van der Waals surface area contributed by atoms with Crippen LogP contribution >= 0.6 is 0 Å². The van der Waals surface area contributed by atoms with Crippen LogP contribution in [-0.2, 0) is 0 Å². The van der Waals surface area contributed by atoms with Gasteiger partial charge < -0.3 is 15.5 Å². The van der Waals surface area contributed by atoms with Crippen molar-refractivity contribution in [2.45, 2.75) is 12.5 Å². The molecule has 0 aromatic carbocycles. The van der Waals surface area contributed by atoms with Gasteiger partial charge in [-0.25, -0.2) is 4.98 Å². The Morgan fingerprint density at radius 1 is 1.40 bits per heavy atom. The number of nitrogens with one attached hydrogen (secondary N) is 2. The highest BCUT2D eigenvalue weighted by molar-refractivity contribution is 5.41. The number of likely N-dealkylation sites (N-methyl/N-ethyl adjacent to an activating group) is 1. The maximum Gasteiger partial charge on any atom is 0.147 e. The Labute approximate surface area is 89.9 Å². The summed E-state index contributed by atoms with van der Waals surface area (Å²) >= 11 is 0. The summed E-state index contributed by atoms with van der Waals surface area (Å²) < 4.78 is 0. The molecule has 0 radical (unpaired) electrons. The first-order valence-corrected chi connectivity index (χ1v) is 5.23. The maximum absolute atomic E-state index is 4.38. The monoisotopic (exact) mass is 207 g/mol. The fraction of sp³-hybridized carbons (Fsp3) is 0.600. The van der Waals surface area contributed by atoms with Gasteiger partial charge >= 0.3 is 0 Å². The van der Waals surface area contributed by atoms with E-state index in [0.717, 1.165) is 24.7 Å². The standard InChI is InChI=1S/C10H17N5/c1-11-9-5-12-6-10(14-9)13-8-3-4-15(2)7-8/h5-6,8H,3-4,7H2,1-2H3,(H2,11,13,14). The zero-order valence-corrected chi connectivity index (χ0v) is 9.20. The largest absolute Gasteiger partial charge is 0.372 e. The van der Waals surface area contributed by atoms with E-state index in [1.165, 1.54) is 6.42 Å². The number of likely N-dealkylation sites (tertiary alicyclic amines) is 1. The van der Waals surface area contributed by atoms with Crippen molar-refractivity contribution in [3.8, 4) is 0 Å². The second-order valence-corrected chi connectivity index (χ2v) is 3.93. The highest BCUT2D eigenvalue weighted by Crippen LogP contribution is 2.13. The highest BCUT2D eigenvalue weighted by Gasteiger charge is 2.19. The molecule has 2 rings (SSSR count). The van der Waals surface area contributed by atoms with Gasteiger partial charge in [0.2, 0.25) is 0 Å². The lowest BCUT2D eigenvalue weighted by Crippen LogP contribution is -2.24. The van der Waals surface area contributed by atoms with Crippen LogP contribution in [0.5, 0.6) is 0 Å². The molecule has 0 aliphatic carbocycles. The molecule has 1 fully saturated rings. The van der Waals surface area contributed by atoms with Crippen LogP contribution in [0, 0.1) is 0 Å². The molecule has 2 N–H and O–H groups in total. The lowest BCUT2D eigenvalue weighted by molar-refractivity contribution is 0.414. The molecule has 0 amide bonds. The molecule has 1 aliphatic rings. The van der Waals surface area contributed by atoms with Crippen molar-refractivity contribution < 1.29 is 0 Å². The lowest BCUT2D eigenvalue weighted by atomic mass is 10.3. The predicted molar refractivity (Wildman–Crippen MR) is 61.1 cm³/mol. The molecule has 1 aromatic rings. The summed E-state index contributed by atoms with van der Waals surface area (Å²) in [6, 6.07) is 0.497. The van der Waals surface area contributed by atoms with Crippen LogP contribution in [-0.4, -0.2) is 48.1 Å². The van der Waals surface area contributed by atoms with E-state index in [2.05, 4.69) is 32.5 Å². The van der Waals surface area contributed by atoms with E-state index in [9.17, 15) is 0 Å². The summed E-state index contributed by atoms with van der Waals surface area (Å²) in [7, 11) is 3.98. The molecule has 0 spiro atoms. The van der Waals surface area contributed by atoms with Gasteiger partial charge in [0, 0.05) is 19.6 Å². The van der Waals surface area contributed by atoms with Crippen LogP contribution in [0.3, 0.4) is 0 Å². The van der Waals surface area contributed by atoms with Crippen LogP contribution in [0.1, 0.15) is 6.42 Å². The molecule has 0 bridgehead atoms. The van der Waals surface area contributed by atoms with Gasteiger partial charge in [-0.15, -0.1) is 0 Å². The first-order valence-electron chi connectivity index (χ1n) is 5.23. The van der Waals surface area contributed by atoms with Crippen LogP contribution in [0.15, 0.2) is 12.4 Å². The maximum atomic E-state index is 4.38. The van der Waals surface area contributed by atoms with Crippen LogP contribution < -0.4 is 10.6 Å². The Bertz CT molecular complexity index is 327. The van der Waals surface area contributed by atoms with Crippen molar-refractivity contribution in [3.05, 3.63) is 12.4 Å². The van der Waals surface area contributed by atoms with Crippen molar-refractivity contribution in [2.24, 2.45) is 0 Å². The van der Waals surface area contributed by atoms with Crippen LogP contribution in [0.25, 0.3) is 0 Å². The summed E-state index contributed by atoms with van der Waals surface area (Å²) in [5.74, 6) is 1.65. The number of aromatic nitrogens is 2. The summed E-state index contributed by atoms with van der Waals surface area (Å²) in [5, 5.41) is 6.37. The van der Waals surface area contributed by atoms with E-state index in [4.69, 9.17) is 0 Å². The molecule has 82 valence electrons. The predicted octanol–water partition coefficient (Wildman–Crippen LogP) is 0.634. The third-order valence-corrected chi connectivity index (χ3v) is 2.63. The summed E-state index contributed by atoms with van der Waals surface area (Å²) in [6.07, 6.45) is 4.65. The van der Waals surface area contributed by atoms with E-state index < -0.39 is 0 Å². The van der Waals surface area contributed by atoms with E-state index in [-0.39, 0.29) is 0 Å². The Kier molecular flexibility index (Phi) is 3.01. The number of nitrogens with zero attached hydrogens (tertiary/aromatic N) is 3. The van der Waals surface area contributed by atoms with Crippen molar-refractivity contribution >= 4 is 11.6 Å². The van der Waals surface area contributed by atoms with Gasteiger partial charge in [-0.1, -0.05) is 0 Å². The van der Waals surface area contributed by atoms with Crippen LogP contribution in [0.2, 0.25) is 0 Å². The zero-order valence-electron chi connectivity index (χ0n) is 9.20. The molecule has 1 unspecified atom stereocenters. The third-order valence-electron chi connectivity index (χ3n) is 2.63. The zero-order chi connectivity index (χ0) is 10.7. The average Bonchev–Trinajstić information content (AvgIpc) is 2.64. The molecule has 5 nitrogen and oxygen atoms in total. The van der Waals surface area contributed by atoms with E-state index in [0.29, 0.717) is 6.04 Å². The number of hydrogen-bond acceptors (Lipinski definition) is 5. The molecule has 5 heteroatoms. The van der Waals surface area contributed by atoms with Gasteiger partial charge in [0.25, 0.3) is 0 Å². The van der Waals surface area contributed by atoms with E-state index in [1.807, 2.05) is 7.05 Å². The Morgan fingerprint density at radius 2 is 2.20 bits per heavy atom. The van der Waals surface area contributed by atoms with Gasteiger partial charge in [-0.05, 0) is 20.0 Å². The molecule has 15 heavy (non-hydrogen) atoms. The summed E-state index contributed by atoms with van der Waals surface area (Å²) in [5.41, 5.74) is 0. The number of hydrogen-bond donors (Lipinski definition) is 2. The summed E-state index contributed by atoms with van der Waals surface area (Å²) in [6.45, 7) is 2.22. The number of rotatable bonds is 3. The topological polar surface area (TPSA) is 53.1 Å². The average molecular weight is 207 g/mol. The minimum Gasteiger partial charge on any atom is -0.372 e. The molecular weight excluding hydrogens is 190 g/mol. The molecule has 1 aliphatic heterocycles. The fourth-order valence-electron chi connectivity index (χ4n) is 1.82. The Hall–Kier alpha value is -1.36. The molecule has 1 aromatic heterocycles. The first kappa shape index (κ1) is 10.2. The first-order chi connectivity index (χ1) is 7.28. The molecule has 1 atom stereocenters. The quantitative estimate of drug-likeness (QED) is 0.761. The molecular formula is C10H17N5. The molecule has 0 saturated carbocycles. The minimum atomic E-state index is 0.497.